The molecule has 170 valence electrons. The number of carboxylic acid groups (broad SMARTS) is 1. The maximum Gasteiger partial charge on any atom is 0.328 e. The molecular weight excluding hydrogens is 419 g/mol. The number of nitrogen functional groups attached to an aromatic ring is 1. The van der Waals surface area contributed by atoms with E-state index in [-0.39, 0.29) is 23.7 Å². The minimum absolute atomic E-state index is 0.0603. The standard InChI is InChI=1S/C24H26F3N3O2/c1-13-8-16-15(5-6-20(29)17(16)11-28)23(30(13)12-24(2,3)27)22-18(25)9-14(10-19(22)26)4-7-21(31)32/h4-7,9-11,13,23,28H,8,12,29H2,1-3H3,(H,31,32)/b7-4+,28-11?/t13-,23+/m0/s1. The Labute approximate surface area is 184 Å². The Bertz CT molecular complexity index is 1070. The maximum absolute atomic E-state index is 15.3. The number of nitrogens with one attached hydrogen (secondary N) is 1. The summed E-state index contributed by atoms with van der Waals surface area (Å²) in [7, 11) is 0. The highest BCUT2D eigenvalue weighted by atomic mass is 19.1. The predicted molar refractivity (Wildman–Crippen MR) is 119 cm³/mol. The Kier molecular flexibility index (Phi) is 6.46. The third-order valence-electron chi connectivity index (χ3n) is 5.62. The molecule has 2 aromatic rings. The summed E-state index contributed by atoms with van der Waals surface area (Å²) >= 11 is 0. The zero-order valence-corrected chi connectivity index (χ0v) is 18.1. The van der Waals surface area contributed by atoms with Gasteiger partial charge in [0.2, 0.25) is 0 Å². The van der Waals surface area contributed by atoms with Crippen molar-refractivity contribution in [3.05, 3.63) is 69.8 Å². The van der Waals surface area contributed by atoms with Gasteiger partial charge in [-0.2, -0.15) is 0 Å². The van der Waals surface area contributed by atoms with Gasteiger partial charge in [0.15, 0.2) is 0 Å². The lowest BCUT2D eigenvalue weighted by Gasteiger charge is -2.44. The molecule has 5 nitrogen and oxygen atoms in total. The fourth-order valence-corrected chi connectivity index (χ4v) is 4.33. The van der Waals surface area contributed by atoms with Crippen LogP contribution < -0.4 is 5.73 Å². The molecule has 0 saturated carbocycles. The summed E-state index contributed by atoms with van der Waals surface area (Å²) in [4.78, 5) is 12.5. The van der Waals surface area contributed by atoms with Gasteiger partial charge in [0.1, 0.15) is 17.3 Å². The second-order valence-electron chi connectivity index (χ2n) is 8.70. The molecule has 0 saturated heterocycles. The van der Waals surface area contributed by atoms with Gasteiger partial charge in [0.25, 0.3) is 0 Å². The van der Waals surface area contributed by atoms with Gasteiger partial charge in [-0.15, -0.1) is 0 Å². The predicted octanol–water partition coefficient (Wildman–Crippen LogP) is 4.73. The molecule has 0 fully saturated rings. The third-order valence-corrected chi connectivity index (χ3v) is 5.62. The number of hydrogen-bond acceptors (Lipinski definition) is 4. The average Bonchev–Trinajstić information content (AvgIpc) is 2.67. The fraction of sp³-hybridized carbons (Fsp3) is 0.333. The van der Waals surface area contributed by atoms with Gasteiger partial charge in [0.05, 0.1) is 6.04 Å². The minimum Gasteiger partial charge on any atom is -0.478 e. The van der Waals surface area contributed by atoms with Crippen molar-refractivity contribution in [1.82, 2.24) is 4.90 Å². The normalized spacial score (nSPS) is 19.2. The molecule has 2 atom stereocenters. The first-order chi connectivity index (χ1) is 14.9. The molecule has 8 heteroatoms. The zero-order chi connectivity index (χ0) is 23.8. The summed E-state index contributed by atoms with van der Waals surface area (Å²) in [5, 5.41) is 16.5. The van der Waals surface area contributed by atoms with E-state index in [9.17, 15) is 9.18 Å². The van der Waals surface area contributed by atoms with E-state index in [1.807, 2.05) is 6.92 Å². The lowest BCUT2D eigenvalue weighted by atomic mass is 9.81. The molecule has 0 unspecified atom stereocenters. The van der Waals surface area contributed by atoms with Gasteiger partial charge < -0.3 is 16.2 Å². The van der Waals surface area contributed by atoms with E-state index in [0.29, 0.717) is 28.8 Å². The van der Waals surface area contributed by atoms with Crippen molar-refractivity contribution in [3.8, 4) is 0 Å². The number of nitrogens with two attached hydrogens (primary N) is 1. The Morgan fingerprint density at radius 1 is 1.31 bits per heavy atom. The van der Waals surface area contributed by atoms with Gasteiger partial charge in [-0.1, -0.05) is 6.07 Å². The van der Waals surface area contributed by atoms with Crippen LogP contribution in [0.5, 0.6) is 0 Å². The summed E-state index contributed by atoms with van der Waals surface area (Å²) in [5.74, 6) is -2.97. The van der Waals surface area contributed by atoms with Crippen LogP contribution in [0.4, 0.5) is 18.9 Å². The fourth-order valence-electron chi connectivity index (χ4n) is 4.33. The third kappa shape index (κ3) is 4.70. The van der Waals surface area contributed by atoms with Crippen LogP contribution in [-0.4, -0.2) is 40.4 Å². The van der Waals surface area contributed by atoms with E-state index in [2.05, 4.69) is 0 Å². The van der Waals surface area contributed by atoms with Crippen molar-refractivity contribution in [2.75, 3.05) is 12.3 Å². The van der Waals surface area contributed by atoms with Crippen LogP contribution in [0.3, 0.4) is 0 Å². The Balaban J connectivity index is 2.25. The summed E-state index contributed by atoms with van der Waals surface area (Å²) < 4.78 is 45.3. The number of carbonyl (C=O) groups is 1. The Morgan fingerprint density at radius 2 is 1.94 bits per heavy atom. The van der Waals surface area contributed by atoms with Crippen LogP contribution in [0.15, 0.2) is 30.3 Å². The van der Waals surface area contributed by atoms with Gasteiger partial charge in [-0.25, -0.2) is 18.0 Å². The minimum atomic E-state index is -1.63. The lowest BCUT2D eigenvalue weighted by molar-refractivity contribution is -0.131. The number of alkyl halides is 1. The molecular formula is C24H26F3N3O2. The van der Waals surface area contributed by atoms with Crippen molar-refractivity contribution >= 4 is 23.9 Å². The molecule has 0 spiro atoms. The van der Waals surface area contributed by atoms with Crippen molar-refractivity contribution in [1.29, 1.82) is 5.41 Å². The second kappa shape index (κ2) is 8.78. The molecule has 0 bridgehead atoms. The molecule has 1 aliphatic heterocycles. The number of benzene rings is 2. The number of carboxylic acids is 1. The number of anilines is 1. The van der Waals surface area contributed by atoms with Crippen molar-refractivity contribution in [3.63, 3.8) is 0 Å². The van der Waals surface area contributed by atoms with Crippen LogP contribution in [-0.2, 0) is 11.2 Å². The number of hydrogen-bond donors (Lipinski definition) is 3. The van der Waals surface area contributed by atoms with E-state index in [1.165, 1.54) is 13.8 Å². The quantitative estimate of drug-likeness (QED) is 0.341. The number of nitrogens with zero attached hydrogens (tertiary/aromatic N) is 1. The number of fused-ring (bicyclic) bond motifs is 1. The smallest absolute Gasteiger partial charge is 0.328 e. The number of aliphatic carboxylic acids is 1. The van der Waals surface area contributed by atoms with Crippen LogP contribution in [0.25, 0.3) is 6.08 Å². The first-order valence-electron chi connectivity index (χ1n) is 10.2. The maximum atomic E-state index is 15.3. The largest absolute Gasteiger partial charge is 0.478 e. The average molecular weight is 445 g/mol. The Hall–Kier alpha value is -3.13. The van der Waals surface area contributed by atoms with E-state index in [4.69, 9.17) is 16.2 Å². The summed E-state index contributed by atoms with van der Waals surface area (Å²) in [6.45, 7) is 4.59. The van der Waals surface area contributed by atoms with Crippen LogP contribution in [0.2, 0.25) is 0 Å². The topological polar surface area (TPSA) is 90.4 Å². The molecule has 2 aromatic carbocycles. The highest BCUT2D eigenvalue weighted by Gasteiger charge is 2.40. The molecule has 0 amide bonds. The first-order valence-corrected chi connectivity index (χ1v) is 10.2. The van der Waals surface area contributed by atoms with Crippen LogP contribution >= 0.6 is 0 Å². The van der Waals surface area contributed by atoms with Gasteiger partial charge in [-0.3, -0.25) is 4.90 Å². The van der Waals surface area contributed by atoms with Crippen molar-refractivity contribution in [2.45, 2.75) is 44.9 Å². The van der Waals surface area contributed by atoms with Gasteiger partial charge >= 0.3 is 5.97 Å². The summed E-state index contributed by atoms with van der Waals surface area (Å²) in [6.07, 6.45) is 3.47. The molecule has 0 radical (unpaired) electrons. The molecule has 1 aliphatic rings. The highest BCUT2D eigenvalue weighted by molar-refractivity contribution is 5.88. The van der Waals surface area contributed by atoms with Crippen molar-refractivity contribution < 1.29 is 23.1 Å². The van der Waals surface area contributed by atoms with Crippen LogP contribution in [0, 0.1) is 17.0 Å². The van der Waals surface area contributed by atoms with Gasteiger partial charge in [-0.05, 0) is 68.2 Å². The van der Waals surface area contributed by atoms with Crippen molar-refractivity contribution in [2.24, 2.45) is 0 Å². The molecule has 1 heterocycles. The SMILES string of the molecule is C[C@H]1Cc2c(ccc(N)c2C=N)[C@H](c2c(F)cc(/C=C/C(=O)O)cc2F)N1CC(C)(C)F. The molecule has 3 rings (SSSR count). The molecule has 4 N–H and O–H groups in total. The molecule has 32 heavy (non-hydrogen) atoms. The van der Waals surface area contributed by atoms with Crippen LogP contribution in [0.1, 0.15) is 54.6 Å². The summed E-state index contributed by atoms with van der Waals surface area (Å²) in [6, 6.07) is 4.15. The monoisotopic (exact) mass is 445 g/mol. The molecule has 0 aliphatic carbocycles. The van der Waals surface area contributed by atoms with E-state index in [0.717, 1.165) is 30.5 Å². The molecule has 0 aromatic heterocycles. The first kappa shape index (κ1) is 23.5. The van der Waals surface area contributed by atoms with E-state index >= 15 is 8.78 Å². The number of rotatable bonds is 6. The van der Waals surface area contributed by atoms with E-state index in [1.54, 1.807) is 17.0 Å². The second-order valence-corrected chi connectivity index (χ2v) is 8.70. The highest BCUT2D eigenvalue weighted by Crippen LogP contribution is 2.43. The lowest BCUT2D eigenvalue weighted by Crippen LogP contribution is -2.48. The number of halogens is 3. The Morgan fingerprint density at radius 3 is 2.47 bits per heavy atom. The zero-order valence-electron chi connectivity index (χ0n) is 18.1. The van der Waals surface area contributed by atoms with E-state index < -0.39 is 29.3 Å². The van der Waals surface area contributed by atoms with Gasteiger partial charge in [0, 0.05) is 41.7 Å². The summed E-state index contributed by atoms with van der Waals surface area (Å²) in [5.41, 5.74) is 6.35.